The van der Waals surface area contributed by atoms with Crippen molar-refractivity contribution in [2.24, 2.45) is 5.92 Å². The molecule has 0 spiro atoms. The molecule has 0 radical (unpaired) electrons. The molecular formula is C10H19NO2. The molecule has 0 aliphatic heterocycles. The molecule has 1 atom stereocenters. The third kappa shape index (κ3) is 5.39. The minimum absolute atomic E-state index is 0.256. The summed E-state index contributed by atoms with van der Waals surface area (Å²) in [5.41, 5.74) is 0. The van der Waals surface area contributed by atoms with Crippen LogP contribution in [-0.2, 0) is 9.53 Å². The van der Waals surface area contributed by atoms with Gasteiger partial charge < -0.3 is 10.1 Å². The van der Waals surface area contributed by atoms with Crippen molar-refractivity contribution in [3.05, 3.63) is 0 Å². The third-order valence-electron chi connectivity index (χ3n) is 1.94. The molecule has 76 valence electrons. The highest BCUT2D eigenvalue weighted by molar-refractivity contribution is 5.88. The quantitative estimate of drug-likeness (QED) is 0.376. The Kier molecular flexibility index (Phi) is 7.26. The van der Waals surface area contributed by atoms with Gasteiger partial charge in [0.05, 0.1) is 12.5 Å². The molecule has 0 fully saturated rings. The van der Waals surface area contributed by atoms with Gasteiger partial charge in [-0.1, -0.05) is 26.7 Å². The Morgan fingerprint density at radius 1 is 1.46 bits per heavy atom. The summed E-state index contributed by atoms with van der Waals surface area (Å²) in [5, 5.41) is 6.98. The summed E-state index contributed by atoms with van der Waals surface area (Å²) >= 11 is 0. The van der Waals surface area contributed by atoms with Crippen molar-refractivity contribution in [2.45, 2.75) is 39.5 Å². The van der Waals surface area contributed by atoms with Crippen LogP contribution in [0.5, 0.6) is 0 Å². The van der Waals surface area contributed by atoms with Crippen molar-refractivity contribution in [1.29, 1.82) is 5.41 Å². The fraction of sp³-hybridized carbons (Fsp3) is 0.800. The van der Waals surface area contributed by atoms with Crippen molar-refractivity contribution in [3.8, 4) is 0 Å². The number of nitrogens with one attached hydrogen (secondary N) is 1. The molecule has 0 aromatic rings. The van der Waals surface area contributed by atoms with E-state index >= 15 is 0 Å². The predicted octanol–water partition coefficient (Wildman–Crippen LogP) is 2.40. The molecule has 3 heteroatoms. The van der Waals surface area contributed by atoms with Gasteiger partial charge in [0.2, 0.25) is 0 Å². The van der Waals surface area contributed by atoms with Crippen LogP contribution in [0.3, 0.4) is 0 Å². The number of carbonyl (C=O) groups excluding carboxylic acids is 1. The van der Waals surface area contributed by atoms with Crippen molar-refractivity contribution in [3.63, 3.8) is 0 Å². The summed E-state index contributed by atoms with van der Waals surface area (Å²) < 4.78 is 5.00. The van der Waals surface area contributed by atoms with Gasteiger partial charge >= 0.3 is 5.97 Å². The Morgan fingerprint density at radius 2 is 2.15 bits per heavy atom. The first-order chi connectivity index (χ1) is 6.26. The number of rotatable bonds is 7. The lowest BCUT2D eigenvalue weighted by molar-refractivity contribution is -0.146. The molecule has 1 N–H and O–H groups in total. The van der Waals surface area contributed by atoms with Gasteiger partial charge in [-0.05, 0) is 12.8 Å². The second-order valence-electron chi connectivity index (χ2n) is 3.06. The molecule has 3 nitrogen and oxygen atoms in total. The van der Waals surface area contributed by atoms with Crippen LogP contribution in [0, 0.1) is 11.3 Å². The number of hydrogen-bond donors (Lipinski definition) is 1. The lowest BCUT2D eigenvalue weighted by atomic mass is 10.1. The molecule has 0 aliphatic carbocycles. The molecule has 0 saturated heterocycles. The highest BCUT2D eigenvalue weighted by atomic mass is 16.5. The number of hydrogen-bond acceptors (Lipinski definition) is 3. The highest BCUT2D eigenvalue weighted by Gasteiger charge is 2.14. The molecule has 0 bridgehead atoms. The average molecular weight is 185 g/mol. The van der Waals surface area contributed by atoms with E-state index in [1.165, 1.54) is 0 Å². The van der Waals surface area contributed by atoms with E-state index in [0.29, 0.717) is 13.0 Å². The van der Waals surface area contributed by atoms with Gasteiger partial charge in [-0.2, -0.15) is 0 Å². The maximum atomic E-state index is 11.2. The lowest BCUT2D eigenvalue weighted by Gasteiger charge is -2.08. The third-order valence-corrected chi connectivity index (χ3v) is 1.94. The summed E-state index contributed by atoms with van der Waals surface area (Å²) in [6.45, 7) is 4.48. The van der Waals surface area contributed by atoms with Crippen molar-refractivity contribution in [1.82, 2.24) is 0 Å². The fourth-order valence-electron chi connectivity index (χ4n) is 0.984. The second-order valence-corrected chi connectivity index (χ2v) is 3.06. The van der Waals surface area contributed by atoms with Crippen LogP contribution in [0.1, 0.15) is 39.5 Å². The topological polar surface area (TPSA) is 50.2 Å². The minimum atomic E-state index is -0.346. The molecule has 13 heavy (non-hydrogen) atoms. The number of esters is 1. The Labute approximate surface area is 80.0 Å². The number of unbranched alkanes of at least 4 members (excludes halogenated alkanes) is 2. The maximum Gasteiger partial charge on any atom is 0.314 e. The summed E-state index contributed by atoms with van der Waals surface area (Å²) in [4.78, 5) is 11.2. The Hall–Kier alpha value is -0.860. The van der Waals surface area contributed by atoms with E-state index in [0.717, 1.165) is 25.5 Å². The van der Waals surface area contributed by atoms with E-state index in [9.17, 15) is 4.79 Å². The Balaban J connectivity index is 3.54. The zero-order valence-corrected chi connectivity index (χ0v) is 8.51. The van der Waals surface area contributed by atoms with E-state index in [2.05, 4.69) is 6.92 Å². The van der Waals surface area contributed by atoms with E-state index < -0.39 is 0 Å². The first kappa shape index (κ1) is 12.1. The monoisotopic (exact) mass is 185 g/mol. The first-order valence-electron chi connectivity index (χ1n) is 4.93. The van der Waals surface area contributed by atoms with Gasteiger partial charge in [-0.15, -0.1) is 0 Å². The summed E-state index contributed by atoms with van der Waals surface area (Å²) in [6.07, 6.45) is 4.95. The fourth-order valence-corrected chi connectivity index (χ4v) is 0.984. The van der Waals surface area contributed by atoms with Crippen molar-refractivity contribution < 1.29 is 9.53 Å². The van der Waals surface area contributed by atoms with Crippen LogP contribution < -0.4 is 0 Å². The average Bonchev–Trinajstić information content (AvgIpc) is 2.14. The van der Waals surface area contributed by atoms with Crippen molar-refractivity contribution in [2.75, 3.05) is 6.61 Å². The lowest BCUT2D eigenvalue weighted by Crippen LogP contribution is -2.18. The zero-order chi connectivity index (χ0) is 10.1. The molecule has 0 rings (SSSR count). The standard InChI is InChI=1S/C10H19NO2/c1-3-5-6-7-13-10(12)9(4-2)8-11/h8-9,11H,3-7H2,1-2H3. The van der Waals surface area contributed by atoms with Gasteiger partial charge in [-0.25, -0.2) is 0 Å². The Bertz CT molecular complexity index is 157. The van der Waals surface area contributed by atoms with Crippen LogP contribution in [0.15, 0.2) is 0 Å². The van der Waals surface area contributed by atoms with Gasteiger partial charge in [-0.3, -0.25) is 4.79 Å². The van der Waals surface area contributed by atoms with E-state index in [4.69, 9.17) is 10.1 Å². The number of ether oxygens (including phenoxy) is 1. The normalized spacial score (nSPS) is 12.2. The molecule has 1 unspecified atom stereocenters. The second kappa shape index (κ2) is 7.77. The predicted molar refractivity (Wildman–Crippen MR) is 53.0 cm³/mol. The molecule has 0 heterocycles. The minimum Gasteiger partial charge on any atom is -0.465 e. The van der Waals surface area contributed by atoms with Crippen LogP contribution in [0.4, 0.5) is 0 Å². The van der Waals surface area contributed by atoms with E-state index in [-0.39, 0.29) is 11.9 Å². The Morgan fingerprint density at radius 3 is 2.62 bits per heavy atom. The van der Waals surface area contributed by atoms with Gasteiger partial charge in [0.1, 0.15) is 0 Å². The van der Waals surface area contributed by atoms with Gasteiger partial charge in [0, 0.05) is 6.21 Å². The number of carbonyl (C=O) groups is 1. The van der Waals surface area contributed by atoms with Crippen LogP contribution in [-0.4, -0.2) is 18.8 Å². The highest BCUT2D eigenvalue weighted by Crippen LogP contribution is 2.03. The van der Waals surface area contributed by atoms with Gasteiger partial charge in [0.25, 0.3) is 0 Å². The summed E-state index contributed by atoms with van der Waals surface area (Å²) in [6, 6.07) is 0. The van der Waals surface area contributed by atoms with Crippen LogP contribution >= 0.6 is 0 Å². The van der Waals surface area contributed by atoms with Crippen LogP contribution in [0.25, 0.3) is 0 Å². The molecule has 0 aromatic heterocycles. The first-order valence-corrected chi connectivity index (χ1v) is 4.93. The van der Waals surface area contributed by atoms with Crippen molar-refractivity contribution >= 4 is 12.2 Å². The van der Waals surface area contributed by atoms with E-state index in [1.807, 2.05) is 6.92 Å². The largest absolute Gasteiger partial charge is 0.465 e. The zero-order valence-electron chi connectivity index (χ0n) is 8.51. The molecule has 0 saturated carbocycles. The maximum absolute atomic E-state index is 11.2. The molecular weight excluding hydrogens is 166 g/mol. The molecule has 0 amide bonds. The SMILES string of the molecule is CCCCCOC(=O)C(C=N)CC. The van der Waals surface area contributed by atoms with E-state index in [1.54, 1.807) is 0 Å². The molecule has 0 aromatic carbocycles. The van der Waals surface area contributed by atoms with Gasteiger partial charge in [0.15, 0.2) is 0 Å². The smallest absolute Gasteiger partial charge is 0.314 e. The van der Waals surface area contributed by atoms with Crippen LogP contribution in [0.2, 0.25) is 0 Å². The molecule has 0 aliphatic rings. The summed E-state index contributed by atoms with van der Waals surface area (Å²) in [7, 11) is 0. The summed E-state index contributed by atoms with van der Waals surface area (Å²) in [5.74, 6) is -0.602.